The first-order valence-electron chi connectivity index (χ1n) is 7.87. The Morgan fingerprint density at radius 2 is 1.87 bits per heavy atom. The quantitative estimate of drug-likeness (QED) is 0.776. The molecule has 2 rings (SSSR count). The van der Waals surface area contributed by atoms with Crippen molar-refractivity contribution < 1.29 is 4.74 Å². The summed E-state index contributed by atoms with van der Waals surface area (Å²) in [5.41, 5.74) is 4.68. The molecule has 1 atom stereocenters. The highest BCUT2D eigenvalue weighted by Gasteiger charge is 2.10. The van der Waals surface area contributed by atoms with E-state index in [0.717, 1.165) is 11.4 Å². The Labute approximate surface area is 144 Å². The van der Waals surface area contributed by atoms with Crippen molar-refractivity contribution in [3.63, 3.8) is 0 Å². The first kappa shape index (κ1) is 17.3. The molecule has 2 aromatic rings. The van der Waals surface area contributed by atoms with Crippen LogP contribution in [0.3, 0.4) is 0 Å². The zero-order valence-corrected chi connectivity index (χ0v) is 15.0. The molecule has 1 unspecified atom stereocenters. The molecule has 0 saturated carbocycles. The van der Waals surface area contributed by atoms with Gasteiger partial charge in [-0.2, -0.15) is 0 Å². The fraction of sp³-hybridized carbons (Fsp3) is 0.316. The van der Waals surface area contributed by atoms with Crippen LogP contribution in [0.2, 0.25) is 0 Å². The number of ether oxygens (including phenoxy) is 1. The largest absolute Gasteiger partial charge is 0.492 e. The second kappa shape index (κ2) is 7.97. The smallest absolute Gasteiger partial charge is 0.171 e. The van der Waals surface area contributed by atoms with Crippen molar-refractivity contribution in [2.45, 2.75) is 33.7 Å². The van der Waals surface area contributed by atoms with E-state index in [-0.39, 0.29) is 6.04 Å². The molecule has 0 fully saturated rings. The average molecular weight is 328 g/mol. The molecule has 0 aliphatic rings. The molecule has 0 aliphatic carbocycles. The van der Waals surface area contributed by atoms with Gasteiger partial charge in [0.1, 0.15) is 5.75 Å². The summed E-state index contributed by atoms with van der Waals surface area (Å²) in [5.74, 6) is 0.804. The van der Waals surface area contributed by atoms with E-state index in [4.69, 9.17) is 17.0 Å². The molecular weight excluding hydrogens is 304 g/mol. The minimum Gasteiger partial charge on any atom is -0.492 e. The van der Waals surface area contributed by atoms with Crippen LogP contribution in [-0.4, -0.2) is 11.7 Å². The van der Waals surface area contributed by atoms with Crippen LogP contribution < -0.4 is 15.4 Å². The Bertz CT molecular complexity index is 685. The highest BCUT2D eigenvalue weighted by Crippen LogP contribution is 2.24. The Morgan fingerprint density at radius 3 is 2.57 bits per heavy atom. The number of aryl methyl sites for hydroxylation is 2. The molecule has 0 aliphatic heterocycles. The average Bonchev–Trinajstić information content (AvgIpc) is 2.52. The molecule has 0 heterocycles. The summed E-state index contributed by atoms with van der Waals surface area (Å²) in [6, 6.07) is 14.4. The molecule has 0 bridgehead atoms. The highest BCUT2D eigenvalue weighted by atomic mass is 32.1. The second-order valence-corrected chi connectivity index (χ2v) is 6.00. The van der Waals surface area contributed by atoms with Crippen LogP contribution in [0.1, 0.15) is 36.6 Å². The maximum Gasteiger partial charge on any atom is 0.171 e. The summed E-state index contributed by atoms with van der Waals surface area (Å²) in [6.07, 6.45) is 0. The third-order valence-corrected chi connectivity index (χ3v) is 4.03. The van der Waals surface area contributed by atoms with Crippen LogP contribution in [0.15, 0.2) is 42.5 Å². The summed E-state index contributed by atoms with van der Waals surface area (Å²) >= 11 is 5.44. The standard InChI is InChI=1S/C19H24N2OS/c1-5-22-18-9-7-6-8-17(18)21-19(23)20-15(4)16-11-10-13(2)14(3)12-16/h6-12,15H,5H2,1-4H3,(H2,20,21,23). The SMILES string of the molecule is CCOc1ccccc1NC(=S)NC(C)c1ccc(C)c(C)c1. The minimum atomic E-state index is 0.133. The van der Waals surface area contributed by atoms with Gasteiger partial charge in [0, 0.05) is 0 Å². The lowest BCUT2D eigenvalue weighted by atomic mass is 10.0. The molecule has 2 N–H and O–H groups in total. The van der Waals surface area contributed by atoms with Crippen molar-refractivity contribution in [2.24, 2.45) is 0 Å². The number of hydrogen-bond acceptors (Lipinski definition) is 2. The first-order chi connectivity index (χ1) is 11.0. The number of hydrogen-bond donors (Lipinski definition) is 2. The van der Waals surface area contributed by atoms with Crippen LogP contribution in [0.4, 0.5) is 5.69 Å². The third kappa shape index (κ3) is 4.70. The van der Waals surface area contributed by atoms with Crippen LogP contribution in [0, 0.1) is 13.8 Å². The van der Waals surface area contributed by atoms with E-state index in [0.29, 0.717) is 11.7 Å². The van der Waals surface area contributed by atoms with Gasteiger partial charge in [0.05, 0.1) is 18.3 Å². The zero-order valence-electron chi connectivity index (χ0n) is 14.1. The molecule has 0 aromatic heterocycles. The lowest BCUT2D eigenvalue weighted by Gasteiger charge is -2.19. The van der Waals surface area contributed by atoms with E-state index in [1.807, 2.05) is 31.2 Å². The fourth-order valence-electron chi connectivity index (χ4n) is 2.32. The molecule has 2 aromatic carbocycles. The van der Waals surface area contributed by atoms with E-state index < -0.39 is 0 Å². The Kier molecular flexibility index (Phi) is 5.99. The van der Waals surface area contributed by atoms with Gasteiger partial charge in [-0.05, 0) is 68.7 Å². The van der Waals surface area contributed by atoms with Gasteiger partial charge in [0.2, 0.25) is 0 Å². The molecule has 0 amide bonds. The van der Waals surface area contributed by atoms with E-state index >= 15 is 0 Å². The topological polar surface area (TPSA) is 33.3 Å². The lowest BCUT2D eigenvalue weighted by Crippen LogP contribution is -2.31. The summed E-state index contributed by atoms with van der Waals surface area (Å²) in [4.78, 5) is 0. The molecule has 122 valence electrons. The molecule has 0 spiro atoms. The van der Waals surface area contributed by atoms with E-state index in [1.165, 1.54) is 16.7 Å². The molecule has 0 radical (unpaired) electrons. The molecule has 23 heavy (non-hydrogen) atoms. The van der Waals surface area contributed by atoms with Gasteiger partial charge in [-0.1, -0.05) is 30.3 Å². The summed E-state index contributed by atoms with van der Waals surface area (Å²) < 4.78 is 5.61. The van der Waals surface area contributed by atoms with Gasteiger partial charge in [0.15, 0.2) is 5.11 Å². The number of nitrogens with one attached hydrogen (secondary N) is 2. The van der Waals surface area contributed by atoms with Crippen LogP contribution >= 0.6 is 12.2 Å². The van der Waals surface area contributed by atoms with Crippen molar-refractivity contribution in [3.05, 3.63) is 59.2 Å². The van der Waals surface area contributed by atoms with Crippen molar-refractivity contribution in [1.82, 2.24) is 5.32 Å². The van der Waals surface area contributed by atoms with Crippen molar-refractivity contribution in [2.75, 3.05) is 11.9 Å². The van der Waals surface area contributed by atoms with Crippen LogP contribution in [0.5, 0.6) is 5.75 Å². The summed E-state index contributed by atoms with van der Waals surface area (Å²) in [5, 5.41) is 7.13. The van der Waals surface area contributed by atoms with Crippen molar-refractivity contribution in [3.8, 4) is 5.75 Å². The van der Waals surface area contributed by atoms with E-state index in [2.05, 4.69) is 49.6 Å². The Hall–Kier alpha value is -2.07. The number of rotatable bonds is 5. The monoisotopic (exact) mass is 328 g/mol. The maximum atomic E-state index is 5.61. The predicted octanol–water partition coefficient (Wildman–Crippen LogP) is 4.75. The fourth-order valence-corrected chi connectivity index (χ4v) is 2.61. The van der Waals surface area contributed by atoms with E-state index in [9.17, 15) is 0 Å². The van der Waals surface area contributed by atoms with Crippen molar-refractivity contribution in [1.29, 1.82) is 0 Å². The molecule has 4 heteroatoms. The predicted molar refractivity (Wildman–Crippen MR) is 101 cm³/mol. The first-order valence-corrected chi connectivity index (χ1v) is 8.28. The van der Waals surface area contributed by atoms with Gasteiger partial charge in [-0.25, -0.2) is 0 Å². The van der Waals surface area contributed by atoms with Gasteiger partial charge >= 0.3 is 0 Å². The molecule has 3 nitrogen and oxygen atoms in total. The van der Waals surface area contributed by atoms with Gasteiger partial charge in [-0.3, -0.25) is 0 Å². The third-order valence-electron chi connectivity index (χ3n) is 3.81. The number of anilines is 1. The Morgan fingerprint density at radius 1 is 1.13 bits per heavy atom. The molecule has 0 saturated heterocycles. The lowest BCUT2D eigenvalue weighted by molar-refractivity contribution is 0.342. The zero-order chi connectivity index (χ0) is 16.8. The van der Waals surface area contributed by atoms with Crippen molar-refractivity contribution >= 4 is 23.0 Å². The highest BCUT2D eigenvalue weighted by molar-refractivity contribution is 7.80. The van der Waals surface area contributed by atoms with E-state index in [1.54, 1.807) is 0 Å². The normalized spacial score (nSPS) is 11.7. The summed E-state index contributed by atoms with van der Waals surface area (Å²) in [6.45, 7) is 8.94. The van der Waals surface area contributed by atoms with Gasteiger partial charge in [-0.15, -0.1) is 0 Å². The maximum absolute atomic E-state index is 5.61. The van der Waals surface area contributed by atoms with Crippen LogP contribution in [0.25, 0.3) is 0 Å². The van der Waals surface area contributed by atoms with Gasteiger partial charge in [0.25, 0.3) is 0 Å². The number of thiocarbonyl (C=S) groups is 1. The van der Waals surface area contributed by atoms with Crippen LogP contribution in [-0.2, 0) is 0 Å². The molecular formula is C19H24N2OS. The Balaban J connectivity index is 2.03. The second-order valence-electron chi connectivity index (χ2n) is 5.59. The minimum absolute atomic E-state index is 0.133. The van der Waals surface area contributed by atoms with Gasteiger partial charge < -0.3 is 15.4 Å². The number of para-hydroxylation sites is 2. The summed E-state index contributed by atoms with van der Waals surface area (Å²) in [7, 11) is 0. The number of benzene rings is 2.